The first kappa shape index (κ1) is 22.6. The molecule has 1 saturated heterocycles. The first-order chi connectivity index (χ1) is 11.1. The Morgan fingerprint density at radius 3 is 1.46 bits per heavy atom. The summed E-state index contributed by atoms with van der Waals surface area (Å²) in [7, 11) is 0. The third kappa shape index (κ3) is 7.04. The van der Waals surface area contributed by atoms with E-state index >= 15 is 0 Å². The zero-order chi connectivity index (χ0) is 16.7. The maximum Gasteiger partial charge on any atom is 0.0603 e. The quantitative estimate of drug-likeness (QED) is 0.514. The average Bonchev–Trinajstić information content (AvgIpc) is 2.57. The van der Waals surface area contributed by atoms with Crippen LogP contribution in [-0.4, -0.2) is 12.7 Å². The van der Waals surface area contributed by atoms with Crippen LogP contribution in [0.3, 0.4) is 0 Å². The number of hydrogen-bond donors (Lipinski definition) is 0. The fourth-order valence-corrected chi connectivity index (χ4v) is 4.95. The van der Waals surface area contributed by atoms with Crippen LogP contribution in [0.25, 0.3) is 0 Å². The first-order valence-corrected chi connectivity index (χ1v) is 10.8. The summed E-state index contributed by atoms with van der Waals surface area (Å²) in [5, 5.41) is 0. The van der Waals surface area contributed by atoms with Gasteiger partial charge in [0.2, 0.25) is 0 Å². The largest absolute Gasteiger partial charge is 0.378 e. The summed E-state index contributed by atoms with van der Waals surface area (Å²) >= 11 is 0. The van der Waals surface area contributed by atoms with Gasteiger partial charge in [-0.05, 0) is 68.1 Å². The van der Waals surface area contributed by atoms with Gasteiger partial charge in [-0.3, -0.25) is 0 Å². The molecule has 1 radical (unpaired) electrons. The fourth-order valence-electron chi connectivity index (χ4n) is 4.95. The van der Waals surface area contributed by atoms with Crippen LogP contribution < -0.4 is 0 Å². The van der Waals surface area contributed by atoms with Gasteiger partial charge in [0.05, 0.1) is 12.7 Å². The molecule has 3 rings (SSSR count). The predicted molar refractivity (Wildman–Crippen MR) is 101 cm³/mol. The Hall–Kier alpha value is 0.544. The Kier molecular flexibility index (Phi) is 11.3. The molecule has 0 aromatic rings. The van der Waals surface area contributed by atoms with Gasteiger partial charge >= 0.3 is 0 Å². The molecule has 0 amide bonds. The number of rotatable bonds is 2. The molecule has 0 aromatic carbocycles. The molecule has 1 aliphatic heterocycles. The molecule has 1 heterocycles. The van der Waals surface area contributed by atoms with Gasteiger partial charge in [-0.2, -0.15) is 0 Å². The van der Waals surface area contributed by atoms with Crippen molar-refractivity contribution in [1.29, 1.82) is 0 Å². The van der Waals surface area contributed by atoms with Crippen molar-refractivity contribution in [3.8, 4) is 0 Å². The van der Waals surface area contributed by atoms with Crippen molar-refractivity contribution >= 4 is 0 Å². The van der Waals surface area contributed by atoms with Crippen LogP contribution in [0.1, 0.15) is 98.3 Å². The van der Waals surface area contributed by atoms with Crippen LogP contribution in [0.15, 0.2) is 0 Å². The summed E-state index contributed by atoms with van der Waals surface area (Å²) in [5.74, 6) is 4.71. The van der Waals surface area contributed by atoms with Crippen molar-refractivity contribution in [2.45, 2.75) is 104 Å². The summed E-state index contributed by atoms with van der Waals surface area (Å²) in [6, 6.07) is 0. The summed E-state index contributed by atoms with van der Waals surface area (Å²) in [6.45, 7) is 10.2. The van der Waals surface area contributed by atoms with Crippen molar-refractivity contribution in [1.82, 2.24) is 0 Å². The molecule has 2 atom stereocenters. The van der Waals surface area contributed by atoms with Gasteiger partial charge in [0.1, 0.15) is 0 Å². The number of ether oxygens (including phenoxy) is 1. The van der Waals surface area contributed by atoms with E-state index in [1.807, 2.05) is 0 Å². The second-order valence-corrected chi connectivity index (χ2v) is 8.96. The minimum Gasteiger partial charge on any atom is -0.378 e. The third-order valence-electron chi connectivity index (χ3n) is 6.66. The Balaban J connectivity index is 0.000000671. The summed E-state index contributed by atoms with van der Waals surface area (Å²) in [6.07, 6.45) is 16.3. The van der Waals surface area contributed by atoms with E-state index in [-0.39, 0.29) is 18.6 Å². The first-order valence-electron chi connectivity index (χ1n) is 10.8. The van der Waals surface area contributed by atoms with E-state index in [0.717, 1.165) is 36.2 Å². The number of hydrogen-bond acceptors (Lipinski definition) is 1. The van der Waals surface area contributed by atoms with Crippen molar-refractivity contribution in [2.75, 3.05) is 6.61 Å². The fraction of sp³-hybridized carbons (Fsp3) is 1.00. The van der Waals surface area contributed by atoms with Crippen LogP contribution in [-0.2, 0) is 23.3 Å². The van der Waals surface area contributed by atoms with E-state index in [9.17, 15) is 0 Å². The van der Waals surface area contributed by atoms with E-state index in [1.54, 1.807) is 0 Å². The zero-order valence-electron chi connectivity index (χ0n) is 16.8. The van der Waals surface area contributed by atoms with Crippen LogP contribution in [0.4, 0.5) is 0 Å². The van der Waals surface area contributed by atoms with Crippen molar-refractivity contribution in [2.24, 2.45) is 29.6 Å². The minimum absolute atomic E-state index is 0. The Bertz CT molecular complexity index is 265. The Labute approximate surface area is 164 Å². The van der Waals surface area contributed by atoms with Gasteiger partial charge in [-0.15, -0.1) is 0 Å². The summed E-state index contributed by atoms with van der Waals surface area (Å²) in [5.41, 5.74) is 0. The van der Waals surface area contributed by atoms with Gasteiger partial charge in [0, 0.05) is 18.6 Å². The second kappa shape index (κ2) is 12.0. The molecule has 24 heavy (non-hydrogen) atoms. The molecule has 2 saturated carbocycles. The van der Waals surface area contributed by atoms with E-state index in [0.29, 0.717) is 6.10 Å². The second-order valence-electron chi connectivity index (χ2n) is 8.96. The molecule has 2 aliphatic carbocycles. The molecule has 141 valence electrons. The average molecular weight is 374 g/mol. The van der Waals surface area contributed by atoms with Gasteiger partial charge < -0.3 is 4.74 Å². The van der Waals surface area contributed by atoms with Gasteiger partial charge in [0.15, 0.2) is 0 Å². The zero-order valence-corrected chi connectivity index (χ0v) is 18.2. The van der Waals surface area contributed by atoms with Crippen molar-refractivity contribution in [3.63, 3.8) is 0 Å². The molecular weight excluding hydrogens is 331 g/mol. The van der Waals surface area contributed by atoms with E-state index < -0.39 is 0 Å². The van der Waals surface area contributed by atoms with Crippen LogP contribution >= 0.6 is 0 Å². The molecule has 0 bridgehead atoms. The summed E-state index contributed by atoms with van der Waals surface area (Å²) in [4.78, 5) is 0. The maximum atomic E-state index is 6.35. The predicted octanol–water partition coefficient (Wildman–Crippen LogP) is 6.85. The standard InChI is InChI=1S/C19H34O.C3H8.V/c1-14-3-7-16(8-4-14)18-11-12-19(20-13-18)17-9-5-15(2)6-10-17;1-3-2;/h14-19H,3-13H2,1-2H3;3H2,1-2H3;. The van der Waals surface area contributed by atoms with Crippen LogP contribution in [0.2, 0.25) is 0 Å². The van der Waals surface area contributed by atoms with E-state index in [4.69, 9.17) is 4.74 Å². The van der Waals surface area contributed by atoms with Crippen molar-refractivity contribution in [3.05, 3.63) is 0 Å². The maximum absolute atomic E-state index is 6.35. The van der Waals surface area contributed by atoms with E-state index in [1.165, 1.54) is 70.6 Å². The van der Waals surface area contributed by atoms with Gasteiger partial charge in [-0.25, -0.2) is 0 Å². The molecule has 3 fully saturated rings. The smallest absolute Gasteiger partial charge is 0.0603 e. The molecule has 3 aliphatic rings. The minimum atomic E-state index is 0. The molecule has 2 heteroatoms. The van der Waals surface area contributed by atoms with Crippen LogP contribution in [0.5, 0.6) is 0 Å². The molecule has 0 spiro atoms. The molecule has 0 aromatic heterocycles. The SMILES string of the molecule is CC1CCC(C2CCC(C3CCC(C)CC3)OC2)CC1.CCC.[V]. The normalized spacial score (nSPS) is 40.0. The topological polar surface area (TPSA) is 9.23 Å². The monoisotopic (exact) mass is 373 g/mol. The van der Waals surface area contributed by atoms with Gasteiger partial charge in [-0.1, -0.05) is 59.8 Å². The van der Waals surface area contributed by atoms with E-state index in [2.05, 4.69) is 27.7 Å². The Morgan fingerprint density at radius 2 is 1.04 bits per heavy atom. The third-order valence-corrected chi connectivity index (χ3v) is 6.66. The molecular formula is C22H42OV. The Morgan fingerprint density at radius 1 is 0.625 bits per heavy atom. The molecule has 1 nitrogen and oxygen atoms in total. The van der Waals surface area contributed by atoms with Crippen LogP contribution in [0, 0.1) is 29.6 Å². The van der Waals surface area contributed by atoms with Gasteiger partial charge in [0.25, 0.3) is 0 Å². The molecule has 0 N–H and O–H groups in total. The molecule has 2 unspecified atom stereocenters. The summed E-state index contributed by atoms with van der Waals surface area (Å²) < 4.78 is 6.35. The van der Waals surface area contributed by atoms with Crippen molar-refractivity contribution < 1.29 is 23.3 Å².